The molecule has 168 valence electrons. The number of carbonyl (C=O) groups excluding carboxylic acids is 4. The van der Waals surface area contributed by atoms with Crippen LogP contribution < -0.4 is 0 Å². The van der Waals surface area contributed by atoms with E-state index in [1.807, 2.05) is 11.8 Å². The molecule has 8 nitrogen and oxygen atoms in total. The molecule has 0 unspecified atom stereocenters. The molecule has 0 fully saturated rings. The van der Waals surface area contributed by atoms with Crippen molar-refractivity contribution < 1.29 is 38.1 Å². The largest absolute Gasteiger partial charge is 0.462 e. The summed E-state index contributed by atoms with van der Waals surface area (Å²) in [6.45, 7) is 7.88. The molecule has 1 aliphatic carbocycles. The number of hydrogen-bond donors (Lipinski definition) is 0. The van der Waals surface area contributed by atoms with Gasteiger partial charge in [0.1, 0.15) is 0 Å². The van der Waals surface area contributed by atoms with E-state index in [1.165, 1.54) is 0 Å². The third-order valence-corrected chi connectivity index (χ3v) is 4.04. The summed E-state index contributed by atoms with van der Waals surface area (Å²) in [7, 11) is 0. The molecular weight excluding hydrogens is 404 g/mol. The Labute approximate surface area is 182 Å². The fourth-order valence-corrected chi connectivity index (χ4v) is 2.82. The molecule has 0 saturated carbocycles. The molecule has 1 aliphatic rings. The molecule has 0 N–H and O–H groups in total. The molecule has 0 bridgehead atoms. The highest BCUT2D eigenvalue weighted by molar-refractivity contribution is 6.03. The van der Waals surface area contributed by atoms with Crippen molar-refractivity contribution >= 4 is 23.9 Å². The summed E-state index contributed by atoms with van der Waals surface area (Å²) in [4.78, 5) is 45.0. The van der Waals surface area contributed by atoms with Crippen LogP contribution in [0.4, 0.5) is 0 Å². The average molecular weight is 432 g/mol. The van der Waals surface area contributed by atoms with Crippen molar-refractivity contribution in [1.29, 1.82) is 0 Å². The summed E-state index contributed by atoms with van der Waals surface area (Å²) in [5.41, 5.74) is 2.91. The highest BCUT2D eigenvalue weighted by Crippen LogP contribution is 2.26. The van der Waals surface area contributed by atoms with E-state index in [1.54, 1.807) is 39.8 Å². The van der Waals surface area contributed by atoms with Crippen LogP contribution in [0.5, 0.6) is 0 Å². The second kappa shape index (κ2) is 13.8. The lowest BCUT2D eigenvalue weighted by molar-refractivity contribution is -0.138. The maximum Gasteiger partial charge on any atom is 0.384 e. The average Bonchev–Trinajstić information content (AvgIpc) is 3.20. The Balaban J connectivity index is 0.000000348. The lowest BCUT2D eigenvalue weighted by Gasteiger charge is -2.11. The predicted octanol–water partition coefficient (Wildman–Crippen LogP) is 2.64. The zero-order valence-corrected chi connectivity index (χ0v) is 18.4. The first-order chi connectivity index (χ1) is 14.9. The van der Waals surface area contributed by atoms with Crippen LogP contribution in [0.3, 0.4) is 0 Å². The SMILES string of the molecule is CCOC(=O)C#CC(=O)OCC.CCOC(=O)c1cc2c(cc1C(=O)OCC)CCC2. The van der Waals surface area contributed by atoms with Crippen molar-refractivity contribution in [3.05, 3.63) is 34.4 Å². The van der Waals surface area contributed by atoms with E-state index < -0.39 is 23.9 Å². The van der Waals surface area contributed by atoms with Crippen molar-refractivity contribution in [3.63, 3.8) is 0 Å². The minimum absolute atomic E-state index is 0.246. The van der Waals surface area contributed by atoms with Gasteiger partial charge in [-0.15, -0.1) is 0 Å². The number of benzene rings is 1. The van der Waals surface area contributed by atoms with Crippen molar-refractivity contribution in [3.8, 4) is 11.8 Å². The summed E-state index contributed by atoms with van der Waals surface area (Å²) in [6, 6.07) is 3.57. The van der Waals surface area contributed by atoms with Gasteiger partial charge in [-0.2, -0.15) is 0 Å². The van der Waals surface area contributed by atoms with Crippen LogP contribution in [0.15, 0.2) is 12.1 Å². The first-order valence-corrected chi connectivity index (χ1v) is 10.2. The number of esters is 4. The molecular formula is C23H28O8. The van der Waals surface area contributed by atoms with Crippen molar-refractivity contribution in [1.82, 2.24) is 0 Å². The minimum Gasteiger partial charge on any atom is -0.462 e. The first kappa shape index (κ1) is 25.7. The number of rotatable bonds is 6. The summed E-state index contributed by atoms with van der Waals surface area (Å²) in [5, 5.41) is 0. The number of hydrogen-bond acceptors (Lipinski definition) is 8. The molecule has 2 rings (SSSR count). The van der Waals surface area contributed by atoms with Crippen LogP contribution >= 0.6 is 0 Å². The molecule has 0 spiro atoms. The van der Waals surface area contributed by atoms with Gasteiger partial charge in [0.25, 0.3) is 0 Å². The van der Waals surface area contributed by atoms with Crippen molar-refractivity contribution in [2.24, 2.45) is 0 Å². The summed E-state index contributed by atoms with van der Waals surface area (Å²) in [6.07, 6.45) is 2.96. The van der Waals surface area contributed by atoms with Crippen molar-refractivity contribution in [2.75, 3.05) is 26.4 Å². The Morgan fingerprint density at radius 3 is 1.35 bits per heavy atom. The smallest absolute Gasteiger partial charge is 0.384 e. The fourth-order valence-electron chi connectivity index (χ4n) is 2.82. The maximum absolute atomic E-state index is 11.9. The third kappa shape index (κ3) is 8.51. The van der Waals surface area contributed by atoms with Gasteiger partial charge >= 0.3 is 23.9 Å². The molecule has 0 aromatic heterocycles. The molecule has 31 heavy (non-hydrogen) atoms. The molecule has 1 aromatic rings. The van der Waals surface area contributed by atoms with Gasteiger partial charge in [-0.25, -0.2) is 19.2 Å². The zero-order chi connectivity index (χ0) is 23.2. The second-order valence-electron chi connectivity index (χ2n) is 6.15. The minimum atomic E-state index is -0.717. The van der Waals surface area contributed by atoms with E-state index >= 15 is 0 Å². The standard InChI is InChI=1S/C15H18O4.C8H10O4/c1-3-18-14(16)12-8-10-6-5-7-11(10)9-13(12)15(17)19-4-2;1-3-11-7(9)5-6-8(10)12-4-2/h8-9H,3-7H2,1-2H3;3-4H2,1-2H3. The van der Waals surface area contributed by atoms with E-state index in [2.05, 4.69) is 9.47 Å². The van der Waals surface area contributed by atoms with E-state index in [0.29, 0.717) is 11.1 Å². The molecule has 0 atom stereocenters. The number of aryl methyl sites for hydroxylation is 2. The van der Waals surface area contributed by atoms with Gasteiger partial charge in [0.15, 0.2) is 0 Å². The van der Waals surface area contributed by atoms with E-state index in [9.17, 15) is 19.2 Å². The van der Waals surface area contributed by atoms with E-state index in [-0.39, 0.29) is 26.4 Å². The summed E-state index contributed by atoms with van der Waals surface area (Å²) in [5.74, 6) is 1.61. The normalized spacial score (nSPS) is 11.0. The first-order valence-electron chi connectivity index (χ1n) is 10.2. The van der Waals surface area contributed by atoms with Crippen LogP contribution in [0.25, 0.3) is 0 Å². The lowest BCUT2D eigenvalue weighted by Crippen LogP contribution is -2.15. The Bertz CT molecular complexity index is 793. The molecule has 1 aromatic carbocycles. The molecule has 8 heteroatoms. The Morgan fingerprint density at radius 1 is 0.677 bits per heavy atom. The van der Waals surface area contributed by atoms with Crippen LogP contribution in [0.1, 0.15) is 66.0 Å². The molecule has 0 saturated heterocycles. The summed E-state index contributed by atoms with van der Waals surface area (Å²) >= 11 is 0. The summed E-state index contributed by atoms with van der Waals surface area (Å²) < 4.78 is 18.9. The van der Waals surface area contributed by atoms with Gasteiger partial charge in [-0.05, 0) is 70.2 Å². The van der Waals surface area contributed by atoms with Gasteiger partial charge in [-0.3, -0.25) is 0 Å². The predicted molar refractivity (Wildman–Crippen MR) is 111 cm³/mol. The van der Waals surface area contributed by atoms with E-state index in [0.717, 1.165) is 30.4 Å². The fraction of sp³-hybridized carbons (Fsp3) is 0.478. The Kier molecular flexibility index (Phi) is 11.4. The van der Waals surface area contributed by atoms with Crippen LogP contribution in [0, 0.1) is 11.8 Å². The molecule has 0 amide bonds. The lowest BCUT2D eigenvalue weighted by atomic mass is 10.00. The highest BCUT2D eigenvalue weighted by atomic mass is 16.5. The second-order valence-corrected chi connectivity index (χ2v) is 6.15. The quantitative estimate of drug-likeness (QED) is 0.292. The third-order valence-electron chi connectivity index (χ3n) is 4.04. The van der Waals surface area contributed by atoms with Crippen LogP contribution in [-0.4, -0.2) is 50.3 Å². The molecule has 0 heterocycles. The van der Waals surface area contributed by atoms with Crippen LogP contribution in [-0.2, 0) is 41.4 Å². The van der Waals surface area contributed by atoms with E-state index in [4.69, 9.17) is 9.47 Å². The zero-order valence-electron chi connectivity index (χ0n) is 18.4. The van der Waals surface area contributed by atoms with Gasteiger partial charge in [0.2, 0.25) is 0 Å². The van der Waals surface area contributed by atoms with Gasteiger partial charge in [0.05, 0.1) is 37.6 Å². The Hall–Kier alpha value is -3.34. The van der Waals surface area contributed by atoms with Gasteiger partial charge < -0.3 is 18.9 Å². The highest BCUT2D eigenvalue weighted by Gasteiger charge is 2.23. The number of carbonyl (C=O) groups is 4. The topological polar surface area (TPSA) is 105 Å². The van der Waals surface area contributed by atoms with Gasteiger partial charge in [-0.1, -0.05) is 0 Å². The number of ether oxygens (including phenoxy) is 4. The van der Waals surface area contributed by atoms with Crippen molar-refractivity contribution in [2.45, 2.75) is 47.0 Å². The molecule has 0 radical (unpaired) electrons. The number of fused-ring (bicyclic) bond motifs is 1. The van der Waals surface area contributed by atoms with Crippen LogP contribution in [0.2, 0.25) is 0 Å². The maximum atomic E-state index is 11.9. The molecule has 0 aliphatic heterocycles. The Morgan fingerprint density at radius 2 is 1.03 bits per heavy atom. The van der Waals surface area contributed by atoms with Gasteiger partial charge in [0, 0.05) is 11.8 Å². The monoisotopic (exact) mass is 432 g/mol.